The first kappa shape index (κ1) is 13.0. The summed E-state index contributed by atoms with van der Waals surface area (Å²) in [4.78, 5) is 13.0. The summed E-state index contributed by atoms with van der Waals surface area (Å²) in [5, 5.41) is 20.0. The molecule has 0 aliphatic carbocycles. The average molecular weight is 266 g/mol. The number of hydrogen-bond donors (Lipinski definition) is 0. The smallest absolute Gasteiger partial charge is 0.182 e. The Balaban J connectivity index is 2.45. The van der Waals surface area contributed by atoms with Gasteiger partial charge in [0.05, 0.1) is 22.9 Å². The number of benzene rings is 1. The summed E-state index contributed by atoms with van der Waals surface area (Å²) in [5.74, 6) is -1.87. The number of nitriles is 2. The highest BCUT2D eigenvalue weighted by molar-refractivity contribution is 7.12. The van der Waals surface area contributed by atoms with Gasteiger partial charge in [0.2, 0.25) is 0 Å². The van der Waals surface area contributed by atoms with Crippen molar-refractivity contribution in [3.63, 3.8) is 0 Å². The van der Waals surface area contributed by atoms with Crippen LogP contribution in [0.5, 0.6) is 0 Å². The van der Waals surface area contributed by atoms with Crippen LogP contribution < -0.4 is 0 Å². The van der Waals surface area contributed by atoms with Crippen molar-refractivity contribution < 1.29 is 4.79 Å². The van der Waals surface area contributed by atoms with Crippen LogP contribution in [0.4, 0.5) is 0 Å². The van der Waals surface area contributed by atoms with Crippen LogP contribution in [0, 0.1) is 28.6 Å². The van der Waals surface area contributed by atoms with Crippen molar-refractivity contribution in [3.8, 4) is 12.1 Å². The lowest BCUT2D eigenvalue weighted by Gasteiger charge is -2.15. The van der Waals surface area contributed by atoms with E-state index >= 15 is 0 Å². The minimum Gasteiger partial charge on any atom is -0.292 e. The van der Waals surface area contributed by atoms with Crippen LogP contribution in [0.15, 0.2) is 47.8 Å². The molecule has 0 aliphatic heterocycles. The molecule has 1 heterocycles. The fourth-order valence-electron chi connectivity index (χ4n) is 1.91. The van der Waals surface area contributed by atoms with Crippen molar-refractivity contribution in [2.75, 3.05) is 0 Å². The monoisotopic (exact) mass is 266 g/mol. The van der Waals surface area contributed by atoms with Gasteiger partial charge in [-0.1, -0.05) is 36.4 Å². The van der Waals surface area contributed by atoms with Gasteiger partial charge in [-0.2, -0.15) is 10.5 Å². The first-order chi connectivity index (χ1) is 9.27. The van der Waals surface area contributed by atoms with E-state index in [1.807, 2.05) is 23.6 Å². The fraction of sp³-hybridized carbons (Fsp3) is 0.133. The van der Waals surface area contributed by atoms with Crippen LogP contribution in [0.1, 0.15) is 21.2 Å². The van der Waals surface area contributed by atoms with Crippen LogP contribution in [-0.4, -0.2) is 5.78 Å². The summed E-state index contributed by atoms with van der Waals surface area (Å²) >= 11 is 1.32. The molecule has 3 nitrogen and oxygen atoms in total. The van der Waals surface area contributed by atoms with Crippen LogP contribution in [0.3, 0.4) is 0 Å². The van der Waals surface area contributed by atoms with Crippen molar-refractivity contribution >= 4 is 17.1 Å². The van der Waals surface area contributed by atoms with Gasteiger partial charge < -0.3 is 0 Å². The van der Waals surface area contributed by atoms with Crippen molar-refractivity contribution in [1.82, 2.24) is 0 Å². The van der Waals surface area contributed by atoms with E-state index in [4.69, 9.17) is 10.5 Å². The van der Waals surface area contributed by atoms with Crippen molar-refractivity contribution in [1.29, 1.82) is 10.5 Å². The molecule has 2 rings (SSSR count). The second-order valence-corrected chi connectivity index (χ2v) is 4.91. The average Bonchev–Trinajstić information content (AvgIpc) is 2.99. The molecule has 0 bridgehead atoms. The molecule has 0 amide bonds. The summed E-state index contributed by atoms with van der Waals surface area (Å²) in [6.45, 7) is 0. The highest BCUT2D eigenvalue weighted by Crippen LogP contribution is 2.29. The van der Waals surface area contributed by atoms with E-state index in [1.165, 1.54) is 11.3 Å². The summed E-state index contributed by atoms with van der Waals surface area (Å²) in [7, 11) is 0. The Morgan fingerprint density at radius 2 is 1.74 bits per heavy atom. The van der Waals surface area contributed by atoms with Crippen LogP contribution in [0.2, 0.25) is 0 Å². The molecule has 0 spiro atoms. The second kappa shape index (κ2) is 5.95. The van der Waals surface area contributed by atoms with E-state index in [-0.39, 0.29) is 5.78 Å². The van der Waals surface area contributed by atoms with Gasteiger partial charge in [0, 0.05) is 0 Å². The zero-order chi connectivity index (χ0) is 13.7. The van der Waals surface area contributed by atoms with Crippen LogP contribution in [0.25, 0.3) is 0 Å². The third-order valence-corrected chi connectivity index (χ3v) is 3.70. The van der Waals surface area contributed by atoms with E-state index in [9.17, 15) is 4.79 Å². The van der Waals surface area contributed by atoms with E-state index in [0.717, 1.165) is 0 Å². The summed E-state index contributed by atoms with van der Waals surface area (Å²) < 4.78 is 0. The lowest BCUT2D eigenvalue weighted by molar-refractivity contribution is 0.0954. The third-order valence-electron chi connectivity index (χ3n) is 2.82. The topological polar surface area (TPSA) is 64.7 Å². The standard InChI is InChI=1S/C15H10N2OS/c16-9-12(10-17)14(11-5-2-1-3-6-11)15(18)13-7-4-8-19-13/h1-8,12,14H/t14-/m1/s1. The summed E-state index contributed by atoms with van der Waals surface area (Å²) in [5.41, 5.74) is 0.703. The first-order valence-electron chi connectivity index (χ1n) is 5.70. The van der Waals surface area contributed by atoms with Crippen LogP contribution in [-0.2, 0) is 0 Å². The number of ketones is 1. The lowest BCUT2D eigenvalue weighted by Crippen LogP contribution is -2.19. The minimum atomic E-state index is -0.975. The fourth-order valence-corrected chi connectivity index (χ4v) is 2.61. The third kappa shape index (κ3) is 2.70. The maximum absolute atomic E-state index is 12.5. The summed E-state index contributed by atoms with van der Waals surface area (Å²) in [6, 6.07) is 16.3. The Hall–Kier alpha value is -2.43. The van der Waals surface area contributed by atoms with E-state index < -0.39 is 11.8 Å². The molecule has 1 atom stereocenters. The molecule has 0 aliphatic rings. The van der Waals surface area contributed by atoms with Crippen LogP contribution >= 0.6 is 11.3 Å². The molecule has 0 saturated carbocycles. The number of carbonyl (C=O) groups excluding carboxylic acids is 1. The molecule has 92 valence electrons. The maximum Gasteiger partial charge on any atom is 0.182 e. The zero-order valence-electron chi connectivity index (χ0n) is 9.98. The van der Waals surface area contributed by atoms with Crippen molar-refractivity contribution in [2.24, 2.45) is 5.92 Å². The van der Waals surface area contributed by atoms with E-state index in [2.05, 4.69) is 0 Å². The number of rotatable bonds is 4. The van der Waals surface area contributed by atoms with Crippen molar-refractivity contribution in [2.45, 2.75) is 5.92 Å². The number of carbonyl (C=O) groups is 1. The van der Waals surface area contributed by atoms with Gasteiger partial charge in [0.1, 0.15) is 5.92 Å². The van der Waals surface area contributed by atoms with Gasteiger partial charge in [-0.25, -0.2) is 0 Å². The van der Waals surface area contributed by atoms with Gasteiger partial charge in [-0.3, -0.25) is 4.79 Å². The molecule has 2 aromatic rings. The predicted molar refractivity (Wildman–Crippen MR) is 72.5 cm³/mol. The zero-order valence-corrected chi connectivity index (χ0v) is 10.8. The van der Waals surface area contributed by atoms with Gasteiger partial charge >= 0.3 is 0 Å². The lowest BCUT2D eigenvalue weighted by atomic mass is 9.84. The Morgan fingerprint density at radius 1 is 1.05 bits per heavy atom. The largest absolute Gasteiger partial charge is 0.292 e. The molecule has 4 heteroatoms. The van der Waals surface area contributed by atoms with Gasteiger partial charge in [0.15, 0.2) is 5.78 Å². The van der Waals surface area contributed by atoms with Gasteiger partial charge in [0.25, 0.3) is 0 Å². The SMILES string of the molecule is N#CC(C#N)[C@H](C(=O)c1cccs1)c1ccccc1. The quantitative estimate of drug-likeness (QED) is 0.797. The molecule has 0 radical (unpaired) electrons. The molecular weight excluding hydrogens is 256 g/mol. The molecule has 19 heavy (non-hydrogen) atoms. The predicted octanol–water partition coefficient (Wildman–Crippen LogP) is 3.38. The molecule has 0 unspecified atom stereocenters. The minimum absolute atomic E-state index is 0.172. The van der Waals surface area contributed by atoms with Crippen molar-refractivity contribution in [3.05, 3.63) is 58.3 Å². The summed E-state index contributed by atoms with van der Waals surface area (Å²) in [6.07, 6.45) is 0. The highest BCUT2D eigenvalue weighted by Gasteiger charge is 2.31. The van der Waals surface area contributed by atoms with E-state index in [0.29, 0.717) is 10.4 Å². The Bertz CT molecular complexity index is 621. The van der Waals surface area contributed by atoms with Gasteiger partial charge in [-0.15, -0.1) is 11.3 Å². The second-order valence-electron chi connectivity index (χ2n) is 3.97. The maximum atomic E-state index is 12.5. The van der Waals surface area contributed by atoms with E-state index in [1.54, 1.807) is 36.4 Å². The Labute approximate surface area is 115 Å². The Morgan fingerprint density at radius 3 is 2.26 bits per heavy atom. The first-order valence-corrected chi connectivity index (χ1v) is 6.57. The van der Waals surface area contributed by atoms with Gasteiger partial charge in [-0.05, 0) is 17.0 Å². The highest BCUT2D eigenvalue weighted by atomic mass is 32.1. The number of thiophene rings is 1. The molecule has 0 fully saturated rings. The Kier molecular flexibility index (Phi) is 4.07. The molecule has 0 saturated heterocycles. The molecular formula is C15H10N2OS. The molecule has 0 N–H and O–H groups in total. The molecule has 1 aromatic carbocycles. The number of nitrogens with zero attached hydrogens (tertiary/aromatic N) is 2. The molecule has 1 aromatic heterocycles. The number of Topliss-reactive ketones (excluding diaryl/α,β-unsaturated/α-hetero) is 1. The normalized spacial score (nSPS) is 11.5. The number of hydrogen-bond acceptors (Lipinski definition) is 4.